The Morgan fingerprint density at radius 2 is 1.12 bits per heavy atom. The SMILES string of the molecule is [CH]1[CH][CH][CH][CH]1.[CH]1[CH][C]2S[Se][Se][Se]S[C]2[CH]1.[Fe+2]. The molecule has 10 radical (unpaired) electrons. The van der Waals surface area contributed by atoms with Crippen LogP contribution in [0.25, 0.3) is 0 Å². The molecule has 3 rings (SSSR count). The molecule has 2 aliphatic carbocycles. The van der Waals surface area contributed by atoms with Gasteiger partial charge in [0.2, 0.25) is 0 Å². The van der Waals surface area contributed by atoms with Gasteiger partial charge in [-0.25, -0.2) is 0 Å². The van der Waals surface area contributed by atoms with Crippen LogP contribution in [0.1, 0.15) is 0 Å². The van der Waals surface area contributed by atoms with Gasteiger partial charge in [-0.15, -0.1) is 0 Å². The van der Waals surface area contributed by atoms with Crippen LogP contribution >= 0.6 is 20.4 Å². The maximum atomic E-state index is 2.26. The van der Waals surface area contributed by atoms with Crippen molar-refractivity contribution < 1.29 is 17.1 Å². The summed E-state index contributed by atoms with van der Waals surface area (Å²) in [6.07, 6.45) is 16.7. The molecule has 0 aromatic heterocycles. The van der Waals surface area contributed by atoms with E-state index in [1.807, 2.05) is 32.1 Å². The van der Waals surface area contributed by atoms with E-state index in [-0.39, 0.29) is 17.1 Å². The molecule has 1 saturated heterocycles. The first-order valence-corrected chi connectivity index (χ1v) is 18.6. The van der Waals surface area contributed by atoms with Crippen molar-refractivity contribution in [1.82, 2.24) is 0 Å². The van der Waals surface area contributed by atoms with Gasteiger partial charge in [-0.2, -0.15) is 0 Å². The molecule has 3 aliphatic rings. The molecule has 0 spiro atoms. The second-order valence-corrected chi connectivity index (χ2v) is 26.3. The molecule has 0 aromatic carbocycles. The van der Waals surface area contributed by atoms with Crippen molar-refractivity contribution in [1.29, 1.82) is 0 Å². The summed E-state index contributed by atoms with van der Waals surface area (Å²) in [5.74, 6) is 0. The third-order valence-electron chi connectivity index (χ3n) is 1.60. The summed E-state index contributed by atoms with van der Waals surface area (Å²) in [7, 11) is 4.20. The molecule has 2 saturated carbocycles. The number of hydrogen-bond donors (Lipinski definition) is 0. The number of fused-ring (bicyclic) bond motifs is 1. The van der Waals surface area contributed by atoms with Crippen molar-refractivity contribution in [2.75, 3.05) is 0 Å². The topological polar surface area (TPSA) is 0 Å². The molecule has 1 heterocycles. The standard InChI is InChI=1S/C5H3S2Se3.C5H5.Fe/c1-2-4-5(3-1)7-9-10-8-6-4;1-2-4-5-3-1;/h1-3H;1-5H;/q;;+2. The van der Waals surface area contributed by atoms with Crippen LogP contribution in [0, 0.1) is 61.9 Å². The van der Waals surface area contributed by atoms with Crippen molar-refractivity contribution in [3.63, 3.8) is 0 Å². The Morgan fingerprint density at radius 3 is 1.56 bits per heavy atom. The second kappa shape index (κ2) is 10.6. The Morgan fingerprint density at radius 1 is 0.688 bits per heavy atom. The normalized spacial score (nSPS) is 26.2. The van der Waals surface area contributed by atoms with Gasteiger partial charge in [0.1, 0.15) is 0 Å². The summed E-state index contributed by atoms with van der Waals surface area (Å²) in [5.41, 5.74) is 0. The Labute approximate surface area is 133 Å². The van der Waals surface area contributed by atoms with E-state index in [0.717, 1.165) is 35.3 Å². The van der Waals surface area contributed by atoms with Crippen LogP contribution < -0.4 is 0 Å². The molecule has 0 aromatic rings. The summed E-state index contributed by atoms with van der Waals surface area (Å²) in [6.45, 7) is 0. The minimum Gasteiger partial charge on any atom is 2.00 e. The smallest absolute Gasteiger partial charge is 2.00 e. The van der Waals surface area contributed by atoms with Crippen LogP contribution in [0.5, 0.6) is 0 Å². The molecule has 0 N–H and O–H groups in total. The summed E-state index contributed by atoms with van der Waals surface area (Å²) in [6, 6.07) is 0. The van der Waals surface area contributed by atoms with Gasteiger partial charge in [-0.1, -0.05) is 0 Å². The van der Waals surface area contributed by atoms with Gasteiger partial charge >= 0.3 is 103 Å². The summed E-state index contributed by atoms with van der Waals surface area (Å²) in [4.78, 5) is 0. The fraction of sp³-hybridized carbons (Fsp3) is 0. The van der Waals surface area contributed by atoms with Crippen molar-refractivity contribution in [2.45, 2.75) is 0 Å². The van der Waals surface area contributed by atoms with E-state index in [2.05, 4.69) is 39.6 Å². The van der Waals surface area contributed by atoms with Gasteiger partial charge in [0.15, 0.2) is 0 Å². The fourth-order valence-electron chi connectivity index (χ4n) is 0.958. The van der Waals surface area contributed by atoms with Gasteiger partial charge < -0.3 is 0 Å². The molecule has 0 unspecified atom stereocenters. The molecule has 1 aliphatic heterocycles. The molecule has 0 amide bonds. The maximum Gasteiger partial charge on any atom is 2.00 e. The number of hydrogen-bond acceptors (Lipinski definition) is 2. The van der Waals surface area contributed by atoms with E-state index >= 15 is 0 Å². The van der Waals surface area contributed by atoms with Crippen LogP contribution in [0.4, 0.5) is 0 Å². The maximum absolute atomic E-state index is 2.26. The Balaban J connectivity index is 0.000000183. The first-order chi connectivity index (χ1) is 7.47. The Hall–Kier alpha value is 2.78. The Kier molecular flexibility index (Phi) is 11.1. The molecule has 6 heteroatoms. The van der Waals surface area contributed by atoms with E-state index in [0.29, 0.717) is 0 Å². The van der Waals surface area contributed by atoms with Gasteiger partial charge in [0.25, 0.3) is 0 Å². The summed E-state index contributed by atoms with van der Waals surface area (Å²) >= 11 is 2.76. The largest absolute Gasteiger partial charge is 2.00 e. The average Bonchev–Trinajstić information content (AvgIpc) is 2.90. The monoisotopic (exact) mass is 488 g/mol. The zero-order chi connectivity index (χ0) is 10.3. The molecule has 0 nitrogen and oxygen atoms in total. The predicted octanol–water partition coefficient (Wildman–Crippen LogP) is 1.95. The first-order valence-electron chi connectivity index (χ1n) is 4.24. The van der Waals surface area contributed by atoms with Crippen molar-refractivity contribution in [3.8, 4) is 0 Å². The van der Waals surface area contributed by atoms with E-state index in [1.54, 1.807) is 10.5 Å². The van der Waals surface area contributed by atoms with Gasteiger partial charge in [0, 0.05) is 0 Å². The van der Waals surface area contributed by atoms with Crippen LogP contribution in [-0.4, -0.2) is 35.3 Å². The van der Waals surface area contributed by atoms with E-state index in [4.69, 9.17) is 0 Å². The Bertz CT molecular complexity index is 162. The molecule has 16 heavy (non-hydrogen) atoms. The van der Waals surface area contributed by atoms with Crippen LogP contribution in [0.3, 0.4) is 0 Å². The molecular formula is C10H8FeS2Se3+2. The van der Waals surface area contributed by atoms with E-state index < -0.39 is 0 Å². The summed E-state index contributed by atoms with van der Waals surface area (Å²) in [5, 5.41) is 3.09. The minimum atomic E-state index is 0. The van der Waals surface area contributed by atoms with E-state index in [9.17, 15) is 0 Å². The van der Waals surface area contributed by atoms with E-state index in [1.165, 1.54) is 0 Å². The van der Waals surface area contributed by atoms with Crippen LogP contribution in [0.15, 0.2) is 0 Å². The third-order valence-corrected chi connectivity index (χ3v) is 33.8. The molecular weight excluding hydrogens is 477 g/mol. The number of rotatable bonds is 0. The van der Waals surface area contributed by atoms with Crippen molar-refractivity contribution in [3.05, 3.63) is 61.9 Å². The quantitative estimate of drug-likeness (QED) is 0.482. The van der Waals surface area contributed by atoms with Crippen LogP contribution in [0.2, 0.25) is 0 Å². The molecule has 84 valence electrons. The fourth-order valence-corrected chi connectivity index (χ4v) is 36.2. The zero-order valence-electron chi connectivity index (χ0n) is 8.01. The minimum absolute atomic E-state index is 0. The third kappa shape index (κ3) is 6.29. The van der Waals surface area contributed by atoms with Gasteiger partial charge in [0.05, 0.1) is 0 Å². The second-order valence-electron chi connectivity index (χ2n) is 2.59. The first kappa shape index (κ1) is 16.8. The van der Waals surface area contributed by atoms with Crippen molar-refractivity contribution in [2.24, 2.45) is 0 Å². The van der Waals surface area contributed by atoms with Gasteiger partial charge in [-0.3, -0.25) is 0 Å². The average molecular weight is 485 g/mol. The van der Waals surface area contributed by atoms with Gasteiger partial charge in [-0.05, 0) is 32.1 Å². The zero-order valence-corrected chi connectivity index (χ0v) is 15.9. The summed E-state index contributed by atoms with van der Waals surface area (Å²) < 4.78 is 0. The molecule has 0 bridgehead atoms. The predicted molar refractivity (Wildman–Crippen MR) is 73.3 cm³/mol. The van der Waals surface area contributed by atoms with Crippen LogP contribution in [-0.2, 0) is 17.1 Å². The molecule has 0 atom stereocenters. The molecule has 3 fully saturated rings. The van der Waals surface area contributed by atoms with Crippen molar-refractivity contribution >= 4 is 55.7 Å².